The average molecular weight is 540 g/mol. The summed E-state index contributed by atoms with van der Waals surface area (Å²) in [6.45, 7) is 4.47. The molecule has 0 bridgehead atoms. The van der Waals surface area contributed by atoms with Gasteiger partial charge in [-0.05, 0) is 80.2 Å². The van der Waals surface area contributed by atoms with E-state index in [2.05, 4.69) is 9.88 Å². The zero-order valence-electron chi connectivity index (χ0n) is 20.8. The Morgan fingerprint density at radius 2 is 1.70 bits per heavy atom. The molecule has 2 aliphatic rings. The third-order valence-corrected chi connectivity index (χ3v) is 7.99. The van der Waals surface area contributed by atoms with Crippen molar-refractivity contribution in [3.05, 3.63) is 75.9 Å². The van der Waals surface area contributed by atoms with Crippen LogP contribution in [0.5, 0.6) is 5.75 Å². The molecule has 3 heterocycles. The van der Waals surface area contributed by atoms with Crippen LogP contribution < -0.4 is 10.5 Å². The number of carbonyl (C=O) groups excluding carboxylic acids is 1. The first-order valence-corrected chi connectivity index (χ1v) is 13.7. The first-order chi connectivity index (χ1) is 18.0. The van der Waals surface area contributed by atoms with Gasteiger partial charge >= 0.3 is 0 Å². The van der Waals surface area contributed by atoms with Crippen LogP contribution >= 0.6 is 23.2 Å². The van der Waals surface area contributed by atoms with Crippen LogP contribution in [0, 0.1) is 0 Å². The molecule has 3 aromatic rings. The van der Waals surface area contributed by atoms with Gasteiger partial charge in [-0.15, -0.1) is 0 Å². The largest absolute Gasteiger partial charge is 0.489 e. The third-order valence-electron chi connectivity index (χ3n) is 7.40. The lowest BCUT2D eigenvalue weighted by Crippen LogP contribution is -2.45. The predicted octanol–water partition coefficient (Wildman–Crippen LogP) is 5.96. The van der Waals surface area contributed by atoms with E-state index in [1.165, 1.54) is 25.9 Å². The number of likely N-dealkylation sites (tertiary alicyclic amines) is 2. The molecule has 1 aromatic heterocycles. The van der Waals surface area contributed by atoms with Gasteiger partial charge in [-0.2, -0.15) is 0 Å². The van der Waals surface area contributed by atoms with Crippen LogP contribution in [0.2, 0.25) is 10.0 Å². The van der Waals surface area contributed by atoms with Crippen molar-refractivity contribution >= 4 is 34.9 Å². The Kier molecular flexibility index (Phi) is 8.18. The molecule has 0 atom stereocenters. The summed E-state index contributed by atoms with van der Waals surface area (Å²) >= 11 is 12.2. The van der Waals surface area contributed by atoms with Crippen LogP contribution in [0.25, 0.3) is 11.1 Å². The molecule has 2 N–H and O–H groups in total. The number of rotatable bonds is 7. The van der Waals surface area contributed by atoms with Crippen molar-refractivity contribution in [2.75, 3.05) is 38.5 Å². The number of nitrogens with zero attached hydrogens (tertiary/aromatic N) is 3. The molecule has 0 saturated carbocycles. The van der Waals surface area contributed by atoms with E-state index in [0.29, 0.717) is 46.2 Å². The third kappa shape index (κ3) is 6.20. The number of halogens is 2. The smallest absolute Gasteiger partial charge is 0.253 e. The minimum Gasteiger partial charge on any atom is -0.489 e. The summed E-state index contributed by atoms with van der Waals surface area (Å²) in [5.74, 6) is 0.949. The molecule has 37 heavy (non-hydrogen) atoms. The summed E-state index contributed by atoms with van der Waals surface area (Å²) in [5, 5.41) is 1.21. The Bertz CT molecular complexity index is 1240. The van der Waals surface area contributed by atoms with E-state index in [-0.39, 0.29) is 5.91 Å². The maximum absolute atomic E-state index is 13.1. The first kappa shape index (κ1) is 25.8. The average Bonchev–Trinajstić information content (AvgIpc) is 3.46. The van der Waals surface area contributed by atoms with Crippen molar-refractivity contribution in [1.29, 1.82) is 0 Å². The number of anilines is 1. The number of carbonyl (C=O) groups is 1. The first-order valence-electron chi connectivity index (χ1n) is 12.9. The summed E-state index contributed by atoms with van der Waals surface area (Å²) in [4.78, 5) is 22.0. The molecule has 1 amide bonds. The molecule has 2 fully saturated rings. The number of nitrogen functional groups attached to an aromatic ring is 1. The minimum absolute atomic E-state index is 0.103. The van der Waals surface area contributed by atoms with Crippen LogP contribution in [-0.4, -0.2) is 59.5 Å². The number of pyridine rings is 1. The van der Waals surface area contributed by atoms with Gasteiger partial charge in [0.05, 0.1) is 6.61 Å². The van der Waals surface area contributed by atoms with Gasteiger partial charge in [0, 0.05) is 52.9 Å². The van der Waals surface area contributed by atoms with Gasteiger partial charge in [0.1, 0.15) is 0 Å². The van der Waals surface area contributed by atoms with E-state index in [4.69, 9.17) is 33.7 Å². The molecule has 8 heteroatoms. The molecule has 2 saturated heterocycles. The Hall–Kier alpha value is -2.80. The molecule has 194 valence electrons. The SMILES string of the molecule is Nc1ncc(-c2ccc(C(=O)N3CCC(N4CCCC4)CC3)cc2)cc1OCCc1ccc(Cl)cc1Cl. The predicted molar refractivity (Wildman–Crippen MR) is 149 cm³/mol. The Balaban J connectivity index is 1.19. The van der Waals surface area contributed by atoms with Gasteiger partial charge in [0.2, 0.25) is 0 Å². The lowest BCUT2D eigenvalue weighted by Gasteiger charge is -2.36. The molecule has 5 rings (SSSR count). The summed E-state index contributed by atoms with van der Waals surface area (Å²) < 4.78 is 5.93. The molecule has 0 spiro atoms. The van der Waals surface area contributed by atoms with Crippen molar-refractivity contribution in [3.8, 4) is 16.9 Å². The maximum Gasteiger partial charge on any atom is 0.253 e. The fourth-order valence-corrected chi connectivity index (χ4v) is 5.76. The fraction of sp³-hybridized carbons (Fsp3) is 0.379. The fourth-order valence-electron chi connectivity index (χ4n) is 5.25. The summed E-state index contributed by atoms with van der Waals surface area (Å²) in [5.41, 5.74) is 9.55. The Labute approximate surface area is 228 Å². The lowest BCUT2D eigenvalue weighted by atomic mass is 10.0. The molecule has 2 aromatic carbocycles. The number of amides is 1. The van der Waals surface area contributed by atoms with Crippen LogP contribution in [-0.2, 0) is 6.42 Å². The monoisotopic (exact) mass is 538 g/mol. The highest BCUT2D eigenvalue weighted by molar-refractivity contribution is 6.35. The number of ether oxygens (including phenoxy) is 1. The summed E-state index contributed by atoms with van der Waals surface area (Å²) in [7, 11) is 0. The quantitative estimate of drug-likeness (QED) is 0.401. The van der Waals surface area contributed by atoms with Gasteiger partial charge in [-0.3, -0.25) is 4.79 Å². The summed E-state index contributed by atoms with van der Waals surface area (Å²) in [6, 6.07) is 15.6. The van der Waals surface area contributed by atoms with Crippen LogP contribution in [0.3, 0.4) is 0 Å². The number of hydrogen-bond donors (Lipinski definition) is 1. The molecule has 2 aliphatic heterocycles. The zero-order valence-corrected chi connectivity index (χ0v) is 22.3. The Morgan fingerprint density at radius 3 is 2.41 bits per heavy atom. The highest BCUT2D eigenvalue weighted by atomic mass is 35.5. The van der Waals surface area contributed by atoms with Crippen molar-refractivity contribution in [3.63, 3.8) is 0 Å². The van der Waals surface area contributed by atoms with E-state index in [1.54, 1.807) is 12.3 Å². The number of benzene rings is 2. The number of nitrogens with two attached hydrogens (primary N) is 1. The number of piperidine rings is 1. The normalized spacial score (nSPS) is 16.8. The van der Waals surface area contributed by atoms with E-state index >= 15 is 0 Å². The Morgan fingerprint density at radius 1 is 0.973 bits per heavy atom. The molecule has 0 aliphatic carbocycles. The van der Waals surface area contributed by atoms with Crippen molar-refractivity contribution in [2.45, 2.75) is 38.1 Å². The number of hydrogen-bond acceptors (Lipinski definition) is 5. The standard InChI is InChI=1S/C29H32Cl2N4O2/c30-24-8-7-21(26(31)18-24)11-16-37-27-17-23(19-33-28(27)32)20-3-5-22(6-4-20)29(36)35-14-9-25(10-15-35)34-12-1-2-13-34/h3-8,17-19,25H,1-2,9-16H2,(H2,32,33). The minimum atomic E-state index is 0.103. The molecular weight excluding hydrogens is 507 g/mol. The second-order valence-corrected chi connectivity index (χ2v) is 10.6. The number of aromatic nitrogens is 1. The van der Waals surface area contributed by atoms with Crippen molar-refractivity contribution < 1.29 is 9.53 Å². The van der Waals surface area contributed by atoms with Gasteiger partial charge in [-0.1, -0.05) is 41.4 Å². The van der Waals surface area contributed by atoms with Crippen LogP contribution in [0.15, 0.2) is 54.7 Å². The molecule has 0 radical (unpaired) electrons. The maximum atomic E-state index is 13.1. The highest BCUT2D eigenvalue weighted by Crippen LogP contribution is 2.29. The summed E-state index contributed by atoms with van der Waals surface area (Å²) in [6.07, 6.45) is 7.08. The van der Waals surface area contributed by atoms with E-state index in [1.807, 2.05) is 47.4 Å². The second-order valence-electron chi connectivity index (χ2n) is 9.79. The van der Waals surface area contributed by atoms with Crippen molar-refractivity contribution in [1.82, 2.24) is 14.8 Å². The molecule has 6 nitrogen and oxygen atoms in total. The van der Waals surface area contributed by atoms with Crippen LogP contribution in [0.4, 0.5) is 5.82 Å². The molecule has 0 unspecified atom stereocenters. The van der Waals surface area contributed by atoms with Gasteiger partial charge < -0.3 is 20.3 Å². The van der Waals surface area contributed by atoms with E-state index < -0.39 is 0 Å². The highest BCUT2D eigenvalue weighted by Gasteiger charge is 2.28. The van der Waals surface area contributed by atoms with Gasteiger partial charge in [-0.25, -0.2) is 4.98 Å². The second kappa shape index (κ2) is 11.7. The van der Waals surface area contributed by atoms with Crippen molar-refractivity contribution in [2.24, 2.45) is 0 Å². The van der Waals surface area contributed by atoms with Gasteiger partial charge in [0.15, 0.2) is 11.6 Å². The zero-order chi connectivity index (χ0) is 25.8. The van der Waals surface area contributed by atoms with Gasteiger partial charge in [0.25, 0.3) is 5.91 Å². The topological polar surface area (TPSA) is 71.7 Å². The molecular formula is C29H32Cl2N4O2. The van der Waals surface area contributed by atoms with E-state index in [0.717, 1.165) is 42.6 Å². The lowest BCUT2D eigenvalue weighted by molar-refractivity contribution is 0.0644. The van der Waals surface area contributed by atoms with Crippen LogP contribution in [0.1, 0.15) is 41.6 Å². The van der Waals surface area contributed by atoms with E-state index in [9.17, 15) is 4.79 Å².